The van der Waals surface area contributed by atoms with Gasteiger partial charge in [0.1, 0.15) is 5.69 Å². The molecule has 1 N–H and O–H groups in total. The van der Waals surface area contributed by atoms with Crippen LogP contribution in [0, 0.1) is 0 Å². The van der Waals surface area contributed by atoms with Gasteiger partial charge in [-0.15, -0.1) is 11.6 Å². The summed E-state index contributed by atoms with van der Waals surface area (Å²) in [6.45, 7) is 2.06. The second-order valence-electron chi connectivity index (χ2n) is 4.71. The molecule has 1 aromatic rings. The molecular formula is C14H18ClN5O2. The quantitative estimate of drug-likeness (QED) is 0.247. The fourth-order valence-electron chi connectivity index (χ4n) is 1.89. The van der Waals surface area contributed by atoms with E-state index in [2.05, 4.69) is 27.3 Å². The van der Waals surface area contributed by atoms with Gasteiger partial charge in [0.25, 0.3) is 5.91 Å². The van der Waals surface area contributed by atoms with E-state index in [9.17, 15) is 9.59 Å². The highest BCUT2D eigenvalue weighted by Gasteiger charge is 2.20. The van der Waals surface area contributed by atoms with Gasteiger partial charge in [-0.05, 0) is 24.1 Å². The summed E-state index contributed by atoms with van der Waals surface area (Å²) in [4.78, 5) is 30.5. The van der Waals surface area contributed by atoms with Gasteiger partial charge in [-0.3, -0.25) is 14.6 Å². The minimum atomic E-state index is -0.624. The molecular weight excluding hydrogens is 306 g/mol. The maximum Gasteiger partial charge on any atom is 0.270 e. The van der Waals surface area contributed by atoms with Crippen molar-refractivity contribution in [2.24, 2.45) is 5.11 Å². The van der Waals surface area contributed by atoms with Crippen LogP contribution in [0.2, 0.25) is 0 Å². The first-order chi connectivity index (χ1) is 10.6. The average Bonchev–Trinajstić information content (AvgIpc) is 2.53. The van der Waals surface area contributed by atoms with Crippen LogP contribution in [0.4, 0.5) is 5.69 Å². The van der Waals surface area contributed by atoms with Crippen LogP contribution in [0.1, 0.15) is 43.1 Å². The lowest BCUT2D eigenvalue weighted by atomic mass is 10.0. The summed E-state index contributed by atoms with van der Waals surface area (Å²) in [7, 11) is 0. The number of unbranched alkanes of at least 4 members (excludes halogenated alkanes) is 2. The molecule has 1 amide bonds. The minimum absolute atomic E-state index is 0.0905. The van der Waals surface area contributed by atoms with Gasteiger partial charge in [-0.25, -0.2) is 0 Å². The van der Waals surface area contributed by atoms with Gasteiger partial charge in [0, 0.05) is 16.8 Å². The highest BCUT2D eigenvalue weighted by Crippen LogP contribution is 2.13. The number of aromatic nitrogens is 1. The first-order valence-corrected chi connectivity index (χ1v) is 7.56. The molecule has 0 bridgehead atoms. The number of hydrogen-bond donors (Lipinski definition) is 1. The fraction of sp³-hybridized carbons (Fsp3) is 0.500. The molecule has 1 aromatic heterocycles. The van der Waals surface area contributed by atoms with E-state index in [0.29, 0.717) is 6.42 Å². The van der Waals surface area contributed by atoms with E-state index in [1.165, 1.54) is 18.3 Å². The average molecular weight is 324 g/mol. The van der Waals surface area contributed by atoms with Crippen LogP contribution >= 0.6 is 11.6 Å². The summed E-state index contributed by atoms with van der Waals surface area (Å²) in [5, 5.41) is 6.06. The Bertz CT molecular complexity index is 572. The standard InChI is InChI=1S/C14H18ClN5O2/c1-2-3-4-5-11(13(21)9-15)18-14(22)12-8-10(19-20-16)6-7-17-12/h6-8,11H,2-5,9H2,1H3,(H,18,22)/t11-/m0/s1. The van der Waals surface area contributed by atoms with Gasteiger partial charge in [-0.2, -0.15) is 0 Å². The van der Waals surface area contributed by atoms with Crippen molar-refractivity contribution < 1.29 is 9.59 Å². The van der Waals surface area contributed by atoms with E-state index in [1.54, 1.807) is 0 Å². The Kier molecular flexibility index (Phi) is 7.96. The van der Waals surface area contributed by atoms with Crippen molar-refractivity contribution in [3.8, 4) is 0 Å². The van der Waals surface area contributed by atoms with E-state index >= 15 is 0 Å². The fourth-order valence-corrected chi connectivity index (χ4v) is 2.08. The molecule has 0 aliphatic carbocycles. The molecule has 1 heterocycles. The van der Waals surface area contributed by atoms with Crippen LogP contribution in [0.25, 0.3) is 10.4 Å². The smallest absolute Gasteiger partial charge is 0.270 e. The highest BCUT2D eigenvalue weighted by atomic mass is 35.5. The zero-order valence-electron chi connectivity index (χ0n) is 12.3. The predicted octanol–water partition coefficient (Wildman–Crippen LogP) is 3.51. The SMILES string of the molecule is CCCCC[C@H](NC(=O)c1cc(N=[N+]=[N-])ccn1)C(=O)CCl. The molecule has 0 aliphatic rings. The van der Waals surface area contributed by atoms with E-state index in [-0.39, 0.29) is 23.0 Å². The molecule has 0 aromatic carbocycles. The molecule has 22 heavy (non-hydrogen) atoms. The Morgan fingerprint density at radius 3 is 2.91 bits per heavy atom. The van der Waals surface area contributed by atoms with Crippen molar-refractivity contribution in [1.82, 2.24) is 10.3 Å². The normalized spacial score (nSPS) is 11.4. The molecule has 8 heteroatoms. The Hall–Kier alpha value is -2.11. The van der Waals surface area contributed by atoms with Crippen molar-refractivity contribution in [1.29, 1.82) is 0 Å². The molecule has 0 radical (unpaired) electrons. The predicted molar refractivity (Wildman–Crippen MR) is 84.2 cm³/mol. The molecule has 0 spiro atoms. The van der Waals surface area contributed by atoms with Crippen molar-refractivity contribution in [3.05, 3.63) is 34.5 Å². The Morgan fingerprint density at radius 2 is 2.27 bits per heavy atom. The summed E-state index contributed by atoms with van der Waals surface area (Å²) in [6.07, 6.45) is 4.74. The molecule has 0 fully saturated rings. The second kappa shape index (κ2) is 9.76. The van der Waals surface area contributed by atoms with Gasteiger partial charge in [0.05, 0.1) is 11.9 Å². The van der Waals surface area contributed by atoms with Gasteiger partial charge < -0.3 is 5.32 Å². The number of rotatable bonds is 9. The van der Waals surface area contributed by atoms with E-state index in [4.69, 9.17) is 17.1 Å². The monoisotopic (exact) mass is 323 g/mol. The Balaban J connectivity index is 2.78. The largest absolute Gasteiger partial charge is 0.341 e. The molecule has 1 atom stereocenters. The number of carbonyl (C=O) groups excluding carboxylic acids is 2. The lowest BCUT2D eigenvalue weighted by molar-refractivity contribution is -0.118. The number of azide groups is 1. The van der Waals surface area contributed by atoms with Crippen LogP contribution in [0.15, 0.2) is 23.4 Å². The van der Waals surface area contributed by atoms with Crippen LogP contribution in [0.5, 0.6) is 0 Å². The number of nitrogens with zero attached hydrogens (tertiary/aromatic N) is 4. The third kappa shape index (κ3) is 5.71. The van der Waals surface area contributed by atoms with E-state index in [1.807, 2.05) is 0 Å². The van der Waals surface area contributed by atoms with E-state index < -0.39 is 11.9 Å². The molecule has 7 nitrogen and oxygen atoms in total. The van der Waals surface area contributed by atoms with Crippen LogP contribution in [-0.2, 0) is 4.79 Å². The maximum absolute atomic E-state index is 12.2. The number of nitrogens with one attached hydrogen (secondary N) is 1. The lowest BCUT2D eigenvalue weighted by Crippen LogP contribution is -2.41. The second-order valence-corrected chi connectivity index (χ2v) is 4.98. The summed E-state index contributed by atoms with van der Waals surface area (Å²) < 4.78 is 0. The summed E-state index contributed by atoms with van der Waals surface area (Å²) >= 11 is 5.58. The topological polar surface area (TPSA) is 108 Å². The molecule has 1 rings (SSSR count). The number of pyridine rings is 1. The molecule has 118 valence electrons. The maximum atomic E-state index is 12.2. The van der Waals surface area contributed by atoms with Gasteiger partial charge in [0.15, 0.2) is 5.78 Å². The van der Waals surface area contributed by atoms with Crippen LogP contribution < -0.4 is 5.32 Å². The zero-order chi connectivity index (χ0) is 16.4. The third-order valence-electron chi connectivity index (χ3n) is 3.06. The number of hydrogen-bond acceptors (Lipinski definition) is 4. The third-order valence-corrected chi connectivity index (χ3v) is 3.32. The van der Waals surface area contributed by atoms with Gasteiger partial charge >= 0.3 is 0 Å². The summed E-state index contributed by atoms with van der Waals surface area (Å²) in [6, 6.07) is 2.23. The number of carbonyl (C=O) groups is 2. The Labute approximate surface area is 133 Å². The highest BCUT2D eigenvalue weighted by molar-refractivity contribution is 6.28. The minimum Gasteiger partial charge on any atom is -0.341 e. The van der Waals surface area contributed by atoms with Crippen molar-refractivity contribution >= 4 is 29.0 Å². The van der Waals surface area contributed by atoms with Crippen molar-refractivity contribution in [2.75, 3.05) is 5.88 Å². The number of Topliss-reactive ketones (excluding diaryl/α,β-unsaturated/α-hetero) is 1. The first-order valence-electron chi connectivity index (χ1n) is 7.03. The zero-order valence-corrected chi connectivity index (χ0v) is 13.1. The molecule has 0 saturated heterocycles. The lowest BCUT2D eigenvalue weighted by Gasteiger charge is -2.16. The van der Waals surface area contributed by atoms with Gasteiger partial charge in [-0.1, -0.05) is 31.3 Å². The summed E-state index contributed by atoms with van der Waals surface area (Å²) in [5.74, 6) is -0.865. The Morgan fingerprint density at radius 1 is 1.50 bits per heavy atom. The number of alkyl halides is 1. The molecule has 0 saturated carbocycles. The van der Waals surface area contributed by atoms with E-state index in [0.717, 1.165) is 19.3 Å². The van der Waals surface area contributed by atoms with Crippen LogP contribution in [-0.4, -0.2) is 28.6 Å². The van der Waals surface area contributed by atoms with Gasteiger partial charge in [0.2, 0.25) is 0 Å². The molecule has 0 unspecified atom stereocenters. The molecule has 0 aliphatic heterocycles. The first kappa shape index (κ1) is 17.9. The number of ketones is 1. The van der Waals surface area contributed by atoms with Crippen molar-refractivity contribution in [2.45, 2.75) is 38.6 Å². The van der Waals surface area contributed by atoms with Crippen molar-refractivity contribution in [3.63, 3.8) is 0 Å². The number of halogens is 1. The number of amides is 1. The van der Waals surface area contributed by atoms with Crippen LogP contribution in [0.3, 0.4) is 0 Å². The summed E-state index contributed by atoms with van der Waals surface area (Å²) in [5.41, 5.74) is 8.77.